The Hall–Kier alpha value is -3.61. The quantitative estimate of drug-likeness (QED) is 0.650. The van der Waals surface area contributed by atoms with Crippen LogP contribution < -0.4 is 10.1 Å². The molecule has 0 fully saturated rings. The molecular weight excluding hydrogens is 346 g/mol. The van der Waals surface area contributed by atoms with Gasteiger partial charge in [-0.05, 0) is 17.7 Å². The molecule has 27 heavy (non-hydrogen) atoms. The van der Waals surface area contributed by atoms with Crippen LogP contribution in [0.25, 0.3) is 5.69 Å². The average molecular weight is 365 g/mol. The molecule has 7 nitrogen and oxygen atoms in total. The minimum Gasteiger partial charge on any atom is -0.493 e. The number of ether oxygens (including phenoxy) is 2. The normalized spacial score (nSPS) is 10.3. The standard InChI is InChI=1S/C20H19N3O4/c1-26-17-13-23(16-10-6-3-7-11-16)22-19(17)20(25)21-12-18(24)27-14-15-8-4-2-5-9-15/h2-11,13H,12,14H2,1H3,(H,21,25). The van der Waals surface area contributed by atoms with Crippen LogP contribution in [0.3, 0.4) is 0 Å². The molecule has 0 saturated carbocycles. The Labute approximate surface area is 156 Å². The predicted octanol–water partition coefficient (Wildman–Crippen LogP) is 2.35. The van der Waals surface area contributed by atoms with Crippen LogP contribution in [-0.2, 0) is 16.1 Å². The van der Waals surface area contributed by atoms with E-state index >= 15 is 0 Å². The minimum atomic E-state index is -0.534. The highest BCUT2D eigenvalue weighted by atomic mass is 16.5. The Morgan fingerprint density at radius 3 is 2.37 bits per heavy atom. The second kappa shape index (κ2) is 8.66. The summed E-state index contributed by atoms with van der Waals surface area (Å²) in [7, 11) is 1.46. The van der Waals surface area contributed by atoms with E-state index in [0.29, 0.717) is 5.75 Å². The second-order valence-electron chi connectivity index (χ2n) is 5.66. The molecule has 0 unspecified atom stereocenters. The molecule has 0 saturated heterocycles. The van der Waals surface area contributed by atoms with E-state index in [-0.39, 0.29) is 18.8 Å². The Morgan fingerprint density at radius 2 is 1.70 bits per heavy atom. The molecule has 0 radical (unpaired) electrons. The highest BCUT2D eigenvalue weighted by molar-refractivity contribution is 5.96. The number of aromatic nitrogens is 2. The summed E-state index contributed by atoms with van der Waals surface area (Å²) in [5, 5.41) is 6.76. The Kier molecular flexibility index (Phi) is 5.84. The molecule has 0 aliphatic carbocycles. The number of para-hydroxylation sites is 1. The van der Waals surface area contributed by atoms with Crippen LogP contribution in [0.15, 0.2) is 66.9 Å². The third kappa shape index (κ3) is 4.72. The summed E-state index contributed by atoms with van der Waals surface area (Å²) in [5.41, 5.74) is 1.76. The van der Waals surface area contributed by atoms with Gasteiger partial charge in [-0.15, -0.1) is 0 Å². The van der Waals surface area contributed by atoms with Gasteiger partial charge in [-0.3, -0.25) is 9.59 Å². The monoisotopic (exact) mass is 365 g/mol. The summed E-state index contributed by atoms with van der Waals surface area (Å²) in [6, 6.07) is 18.6. The number of nitrogens with zero attached hydrogens (tertiary/aromatic N) is 2. The first-order valence-corrected chi connectivity index (χ1v) is 8.34. The zero-order valence-corrected chi connectivity index (χ0v) is 14.8. The van der Waals surface area contributed by atoms with Gasteiger partial charge < -0.3 is 14.8 Å². The number of hydrogen-bond donors (Lipinski definition) is 1. The molecule has 1 aromatic heterocycles. The van der Waals surface area contributed by atoms with Crippen molar-refractivity contribution in [1.29, 1.82) is 0 Å². The van der Waals surface area contributed by atoms with Crippen molar-refractivity contribution in [2.75, 3.05) is 13.7 Å². The third-order valence-corrected chi connectivity index (χ3v) is 3.77. The molecule has 3 aromatic rings. The maximum Gasteiger partial charge on any atom is 0.325 e. The Morgan fingerprint density at radius 1 is 1.04 bits per heavy atom. The van der Waals surface area contributed by atoms with E-state index in [1.165, 1.54) is 7.11 Å². The van der Waals surface area contributed by atoms with Crippen LogP contribution in [0.2, 0.25) is 0 Å². The van der Waals surface area contributed by atoms with Crippen molar-refractivity contribution in [2.24, 2.45) is 0 Å². The molecular formula is C20H19N3O4. The average Bonchev–Trinajstić information content (AvgIpc) is 3.16. The van der Waals surface area contributed by atoms with Gasteiger partial charge in [-0.2, -0.15) is 5.10 Å². The second-order valence-corrected chi connectivity index (χ2v) is 5.66. The lowest BCUT2D eigenvalue weighted by atomic mass is 10.2. The number of amides is 1. The first-order valence-electron chi connectivity index (χ1n) is 8.34. The van der Waals surface area contributed by atoms with E-state index in [1.54, 1.807) is 10.9 Å². The summed E-state index contributed by atoms with van der Waals surface area (Å²) in [6.07, 6.45) is 1.61. The number of carbonyl (C=O) groups excluding carboxylic acids is 2. The summed E-state index contributed by atoms with van der Waals surface area (Å²) < 4.78 is 11.9. The van der Waals surface area contributed by atoms with E-state index in [9.17, 15) is 9.59 Å². The topological polar surface area (TPSA) is 82.5 Å². The molecule has 2 aromatic carbocycles. The lowest BCUT2D eigenvalue weighted by Crippen LogP contribution is -2.31. The molecule has 0 spiro atoms. The van der Waals surface area contributed by atoms with Crippen molar-refractivity contribution in [3.8, 4) is 11.4 Å². The van der Waals surface area contributed by atoms with Crippen molar-refractivity contribution < 1.29 is 19.1 Å². The first-order chi connectivity index (χ1) is 13.2. The van der Waals surface area contributed by atoms with E-state index in [0.717, 1.165) is 11.3 Å². The molecule has 0 aliphatic heterocycles. The van der Waals surface area contributed by atoms with Gasteiger partial charge in [0.05, 0.1) is 19.0 Å². The van der Waals surface area contributed by atoms with Crippen molar-refractivity contribution >= 4 is 11.9 Å². The van der Waals surface area contributed by atoms with Crippen LogP contribution >= 0.6 is 0 Å². The maximum absolute atomic E-state index is 12.4. The first kappa shape index (κ1) is 18.2. The van der Waals surface area contributed by atoms with Crippen molar-refractivity contribution in [3.05, 3.63) is 78.1 Å². The van der Waals surface area contributed by atoms with Gasteiger partial charge >= 0.3 is 5.97 Å². The fourth-order valence-electron chi connectivity index (χ4n) is 2.40. The zero-order valence-electron chi connectivity index (χ0n) is 14.8. The molecule has 0 bridgehead atoms. The molecule has 3 rings (SSSR count). The van der Waals surface area contributed by atoms with Crippen LogP contribution in [0.4, 0.5) is 0 Å². The molecule has 138 valence electrons. The Balaban J connectivity index is 1.59. The molecule has 7 heteroatoms. The number of methoxy groups -OCH3 is 1. The van der Waals surface area contributed by atoms with Gasteiger partial charge in [-0.25, -0.2) is 4.68 Å². The highest BCUT2D eigenvalue weighted by Gasteiger charge is 2.19. The smallest absolute Gasteiger partial charge is 0.325 e. The largest absolute Gasteiger partial charge is 0.493 e. The lowest BCUT2D eigenvalue weighted by Gasteiger charge is -2.06. The van der Waals surface area contributed by atoms with Gasteiger partial charge in [-0.1, -0.05) is 48.5 Å². The zero-order chi connectivity index (χ0) is 19.1. The van der Waals surface area contributed by atoms with E-state index in [2.05, 4.69) is 10.4 Å². The van der Waals surface area contributed by atoms with Crippen LogP contribution in [0.5, 0.6) is 5.75 Å². The van der Waals surface area contributed by atoms with Gasteiger partial charge in [0.25, 0.3) is 5.91 Å². The summed E-state index contributed by atoms with van der Waals surface area (Å²) in [6.45, 7) is -0.103. The number of carbonyl (C=O) groups is 2. The summed E-state index contributed by atoms with van der Waals surface area (Å²) >= 11 is 0. The number of esters is 1. The van der Waals surface area contributed by atoms with Crippen LogP contribution in [0.1, 0.15) is 16.1 Å². The molecule has 1 heterocycles. The molecule has 1 N–H and O–H groups in total. The van der Waals surface area contributed by atoms with E-state index in [4.69, 9.17) is 9.47 Å². The third-order valence-electron chi connectivity index (χ3n) is 3.77. The lowest BCUT2D eigenvalue weighted by molar-refractivity contribution is -0.143. The number of hydrogen-bond acceptors (Lipinski definition) is 5. The number of nitrogens with one attached hydrogen (secondary N) is 1. The highest BCUT2D eigenvalue weighted by Crippen LogP contribution is 2.19. The van der Waals surface area contributed by atoms with Crippen molar-refractivity contribution in [1.82, 2.24) is 15.1 Å². The van der Waals surface area contributed by atoms with Gasteiger partial charge in [0.1, 0.15) is 13.2 Å². The van der Waals surface area contributed by atoms with E-state index < -0.39 is 11.9 Å². The summed E-state index contributed by atoms with van der Waals surface area (Å²) in [5.74, 6) is -0.735. The van der Waals surface area contributed by atoms with Crippen LogP contribution in [-0.4, -0.2) is 35.3 Å². The van der Waals surface area contributed by atoms with Crippen LogP contribution in [0, 0.1) is 0 Å². The number of benzene rings is 2. The van der Waals surface area contributed by atoms with Crippen molar-refractivity contribution in [2.45, 2.75) is 6.61 Å². The van der Waals surface area contributed by atoms with Crippen molar-refractivity contribution in [3.63, 3.8) is 0 Å². The van der Waals surface area contributed by atoms with Gasteiger partial charge in [0.2, 0.25) is 0 Å². The van der Waals surface area contributed by atoms with E-state index in [1.807, 2.05) is 60.7 Å². The Bertz CT molecular complexity index is 907. The summed E-state index contributed by atoms with van der Waals surface area (Å²) in [4.78, 5) is 24.2. The fourth-order valence-corrected chi connectivity index (χ4v) is 2.40. The minimum absolute atomic E-state index is 0.0946. The molecule has 0 aliphatic rings. The number of rotatable bonds is 7. The predicted molar refractivity (Wildman–Crippen MR) is 98.7 cm³/mol. The molecule has 0 atom stereocenters. The molecule has 1 amide bonds. The fraction of sp³-hybridized carbons (Fsp3) is 0.150. The maximum atomic E-state index is 12.4. The van der Waals surface area contributed by atoms with Gasteiger partial charge in [0, 0.05) is 0 Å². The SMILES string of the molecule is COc1cn(-c2ccccc2)nc1C(=O)NCC(=O)OCc1ccccc1. The van der Waals surface area contributed by atoms with Gasteiger partial charge in [0.15, 0.2) is 11.4 Å².